The zero-order valence-corrected chi connectivity index (χ0v) is 11.2. The van der Waals surface area contributed by atoms with E-state index in [-0.39, 0.29) is 5.56 Å². The molecule has 0 radical (unpaired) electrons. The van der Waals surface area contributed by atoms with Crippen molar-refractivity contribution in [1.82, 2.24) is 0 Å². The molecule has 7 heteroatoms. The summed E-state index contributed by atoms with van der Waals surface area (Å²) in [5.74, 6) is -1.31. The van der Waals surface area contributed by atoms with Crippen LogP contribution in [-0.2, 0) is 15.9 Å². The highest BCUT2D eigenvalue weighted by Gasteiger charge is 2.31. The van der Waals surface area contributed by atoms with Crippen LogP contribution in [0.2, 0.25) is 0 Å². The molecule has 0 spiro atoms. The number of alkyl halides is 4. The van der Waals surface area contributed by atoms with Gasteiger partial charge < -0.3 is 0 Å². The highest BCUT2D eigenvalue weighted by Crippen LogP contribution is 2.32. The SMILES string of the molecule is CC.O=C(OF)C(Br)c1cccc(C(F)(F)F)c1. The van der Waals surface area contributed by atoms with Crippen molar-refractivity contribution in [3.63, 3.8) is 0 Å². The van der Waals surface area contributed by atoms with Crippen LogP contribution in [0.3, 0.4) is 0 Å². The average Bonchev–Trinajstić information content (AvgIpc) is 2.38. The van der Waals surface area contributed by atoms with Gasteiger partial charge in [0.1, 0.15) is 4.83 Å². The summed E-state index contributed by atoms with van der Waals surface area (Å²) in [6.07, 6.45) is -4.51. The second-order valence-electron chi connectivity index (χ2n) is 2.88. The maximum Gasteiger partial charge on any atom is 0.416 e. The summed E-state index contributed by atoms with van der Waals surface area (Å²) in [4.78, 5) is 12.4. The third-order valence-electron chi connectivity index (χ3n) is 1.79. The molecule has 0 aliphatic heterocycles. The molecule has 0 aliphatic rings. The Morgan fingerprint density at radius 1 is 1.33 bits per heavy atom. The van der Waals surface area contributed by atoms with Crippen LogP contribution in [-0.4, -0.2) is 5.97 Å². The lowest BCUT2D eigenvalue weighted by atomic mass is 10.1. The van der Waals surface area contributed by atoms with E-state index in [0.717, 1.165) is 18.2 Å². The second-order valence-corrected chi connectivity index (χ2v) is 3.80. The van der Waals surface area contributed by atoms with Gasteiger partial charge in [0.15, 0.2) is 0 Å². The Labute approximate surface area is 110 Å². The van der Waals surface area contributed by atoms with Crippen LogP contribution >= 0.6 is 15.9 Å². The molecule has 0 aromatic heterocycles. The van der Waals surface area contributed by atoms with E-state index in [0.29, 0.717) is 0 Å². The first kappa shape index (κ1) is 16.9. The number of hydrogen-bond donors (Lipinski definition) is 0. The first-order valence-corrected chi connectivity index (χ1v) is 5.91. The fourth-order valence-electron chi connectivity index (χ4n) is 1.05. The molecule has 0 N–H and O–H groups in total. The summed E-state index contributed by atoms with van der Waals surface area (Å²) in [5, 5.41) is 0. The molecule has 18 heavy (non-hydrogen) atoms. The molecule has 0 saturated heterocycles. The van der Waals surface area contributed by atoms with Crippen molar-refractivity contribution >= 4 is 21.9 Å². The van der Waals surface area contributed by atoms with Crippen molar-refractivity contribution in [2.75, 3.05) is 0 Å². The largest absolute Gasteiger partial charge is 0.416 e. The maximum absolute atomic E-state index is 12.3. The molecule has 0 heterocycles. The molecule has 0 saturated carbocycles. The van der Waals surface area contributed by atoms with Crippen molar-refractivity contribution < 1.29 is 27.4 Å². The van der Waals surface area contributed by atoms with Crippen LogP contribution in [0.1, 0.15) is 29.8 Å². The molecule has 0 fully saturated rings. The van der Waals surface area contributed by atoms with E-state index in [4.69, 9.17) is 0 Å². The quantitative estimate of drug-likeness (QED) is 0.585. The third-order valence-corrected chi connectivity index (χ3v) is 2.69. The summed E-state index contributed by atoms with van der Waals surface area (Å²) in [6, 6.07) is 3.98. The Balaban J connectivity index is 0.00000137. The first-order chi connectivity index (χ1) is 8.36. The Morgan fingerprint density at radius 2 is 1.89 bits per heavy atom. The van der Waals surface area contributed by atoms with Crippen LogP contribution in [0.5, 0.6) is 0 Å². The summed E-state index contributed by atoms with van der Waals surface area (Å²) >= 11 is 2.73. The smallest absolute Gasteiger partial charge is 0.253 e. The zero-order valence-electron chi connectivity index (χ0n) is 9.59. The zero-order chi connectivity index (χ0) is 14.3. The highest BCUT2D eigenvalue weighted by atomic mass is 79.9. The number of carbonyl (C=O) groups excluding carboxylic acids is 1. The van der Waals surface area contributed by atoms with E-state index in [1.54, 1.807) is 0 Å². The van der Waals surface area contributed by atoms with Gasteiger partial charge in [0, 0.05) is 4.53 Å². The Bertz CT molecular complexity index is 393. The monoisotopic (exact) mass is 330 g/mol. The van der Waals surface area contributed by atoms with Crippen molar-refractivity contribution in [3.05, 3.63) is 35.4 Å². The van der Waals surface area contributed by atoms with E-state index < -0.39 is 22.5 Å². The number of carbonyl (C=O) groups is 1. The topological polar surface area (TPSA) is 26.3 Å². The van der Waals surface area contributed by atoms with E-state index >= 15 is 0 Å². The van der Waals surface area contributed by atoms with Gasteiger partial charge in [-0.25, -0.2) is 4.79 Å². The lowest BCUT2D eigenvalue weighted by Crippen LogP contribution is -2.09. The lowest BCUT2D eigenvalue weighted by Gasteiger charge is -2.10. The highest BCUT2D eigenvalue weighted by molar-refractivity contribution is 9.09. The number of halogens is 5. The molecule has 1 unspecified atom stereocenters. The molecule has 1 atom stereocenters. The van der Waals surface area contributed by atoms with Gasteiger partial charge in [-0.15, -0.1) is 0 Å². The molecule has 102 valence electrons. The standard InChI is InChI=1S/C9H5BrF4O2.C2H6/c10-7(8(15)16-14)5-2-1-3-6(4-5)9(11,12)13;1-2/h1-4,7H;1-2H3. The predicted octanol–water partition coefficient (Wildman–Crippen LogP) is 4.60. The molecule has 0 bridgehead atoms. The van der Waals surface area contributed by atoms with Crippen molar-refractivity contribution in [3.8, 4) is 0 Å². The molecular weight excluding hydrogens is 320 g/mol. The second kappa shape index (κ2) is 7.35. The molecule has 1 aromatic rings. The van der Waals surface area contributed by atoms with Gasteiger partial charge in [-0.1, -0.05) is 48.0 Å². The minimum absolute atomic E-state index is 0.0301. The first-order valence-electron chi connectivity index (χ1n) is 5.00. The van der Waals surface area contributed by atoms with Gasteiger partial charge in [0.25, 0.3) is 0 Å². The molecule has 2 nitrogen and oxygen atoms in total. The van der Waals surface area contributed by atoms with Gasteiger partial charge in [-0.05, 0) is 11.6 Å². The van der Waals surface area contributed by atoms with Gasteiger partial charge in [0.05, 0.1) is 5.56 Å². The molecule has 0 amide bonds. The van der Waals surface area contributed by atoms with Crippen LogP contribution in [0.15, 0.2) is 24.3 Å². The fourth-order valence-corrected chi connectivity index (χ4v) is 1.40. The van der Waals surface area contributed by atoms with E-state index in [9.17, 15) is 22.5 Å². The Morgan fingerprint density at radius 3 is 2.33 bits per heavy atom. The summed E-state index contributed by atoms with van der Waals surface area (Å²) in [5.41, 5.74) is -0.946. The van der Waals surface area contributed by atoms with Crippen molar-refractivity contribution in [1.29, 1.82) is 0 Å². The van der Waals surface area contributed by atoms with Gasteiger partial charge >= 0.3 is 12.1 Å². The number of benzene rings is 1. The van der Waals surface area contributed by atoms with Gasteiger partial charge in [0.2, 0.25) is 0 Å². The summed E-state index contributed by atoms with van der Waals surface area (Å²) in [7, 11) is 0. The van der Waals surface area contributed by atoms with Crippen molar-refractivity contribution in [2.45, 2.75) is 24.9 Å². The fraction of sp³-hybridized carbons (Fsp3) is 0.364. The number of hydrogen-bond acceptors (Lipinski definition) is 2. The van der Waals surface area contributed by atoms with Crippen LogP contribution in [0.4, 0.5) is 17.7 Å². The van der Waals surface area contributed by atoms with Crippen LogP contribution in [0, 0.1) is 0 Å². The van der Waals surface area contributed by atoms with Crippen LogP contribution < -0.4 is 0 Å². The van der Waals surface area contributed by atoms with Crippen molar-refractivity contribution in [2.24, 2.45) is 0 Å². The van der Waals surface area contributed by atoms with Gasteiger partial charge in [-0.2, -0.15) is 13.2 Å². The minimum Gasteiger partial charge on any atom is -0.253 e. The molecule has 1 rings (SSSR count). The summed E-state index contributed by atoms with van der Waals surface area (Å²) in [6.45, 7) is 4.00. The van der Waals surface area contributed by atoms with E-state index in [1.807, 2.05) is 13.8 Å². The van der Waals surface area contributed by atoms with Gasteiger partial charge in [-0.3, -0.25) is 4.94 Å². The molecule has 1 aromatic carbocycles. The normalized spacial score (nSPS) is 12.2. The Kier molecular flexibility index (Phi) is 6.90. The number of rotatable bonds is 2. The average molecular weight is 331 g/mol. The van der Waals surface area contributed by atoms with E-state index in [2.05, 4.69) is 20.9 Å². The lowest BCUT2D eigenvalue weighted by molar-refractivity contribution is -0.182. The minimum atomic E-state index is -4.51. The third kappa shape index (κ3) is 4.64. The predicted molar refractivity (Wildman–Crippen MR) is 61.7 cm³/mol. The van der Waals surface area contributed by atoms with Crippen LogP contribution in [0.25, 0.3) is 0 Å². The maximum atomic E-state index is 12.3. The Hall–Kier alpha value is -1.11. The van der Waals surface area contributed by atoms with E-state index in [1.165, 1.54) is 6.07 Å². The summed E-state index contributed by atoms with van der Waals surface area (Å²) < 4.78 is 48.5. The molecular formula is C11H11BrF4O2. The molecule has 0 aliphatic carbocycles.